The number of hydrogen-bond donors (Lipinski definition) is 2. The zero-order valence-corrected chi connectivity index (χ0v) is 14.7. The van der Waals surface area contributed by atoms with Gasteiger partial charge in [-0.25, -0.2) is 0 Å². The summed E-state index contributed by atoms with van der Waals surface area (Å²) < 4.78 is 9.74. The molecule has 0 aliphatic carbocycles. The van der Waals surface area contributed by atoms with Crippen molar-refractivity contribution in [3.8, 4) is 0 Å². The first kappa shape index (κ1) is 26.3. The SMILES string of the molecule is Cl.Cl.NCCOC(=O)CCCCCCCCC(=O)OCCN. The highest BCUT2D eigenvalue weighted by molar-refractivity contribution is 5.85. The van der Waals surface area contributed by atoms with Crippen LogP contribution in [0, 0.1) is 0 Å². The van der Waals surface area contributed by atoms with Crippen molar-refractivity contribution < 1.29 is 19.1 Å². The maximum absolute atomic E-state index is 11.2. The molecule has 4 N–H and O–H groups in total. The van der Waals surface area contributed by atoms with E-state index >= 15 is 0 Å². The van der Waals surface area contributed by atoms with E-state index in [-0.39, 0.29) is 36.8 Å². The van der Waals surface area contributed by atoms with Gasteiger partial charge in [-0.3, -0.25) is 9.59 Å². The summed E-state index contributed by atoms with van der Waals surface area (Å²) in [7, 11) is 0. The fourth-order valence-electron chi connectivity index (χ4n) is 1.74. The molecule has 6 nitrogen and oxygen atoms in total. The fourth-order valence-corrected chi connectivity index (χ4v) is 1.74. The van der Waals surface area contributed by atoms with Gasteiger partial charge in [0.2, 0.25) is 0 Å². The molecule has 0 aromatic heterocycles. The molecule has 0 unspecified atom stereocenters. The van der Waals surface area contributed by atoms with Crippen LogP contribution < -0.4 is 11.5 Å². The average Bonchev–Trinajstić information content (AvgIpc) is 2.45. The van der Waals surface area contributed by atoms with Crippen LogP contribution in [0.3, 0.4) is 0 Å². The van der Waals surface area contributed by atoms with Gasteiger partial charge in [-0.05, 0) is 12.8 Å². The lowest BCUT2D eigenvalue weighted by atomic mass is 10.1. The minimum atomic E-state index is -0.168. The molecule has 0 aliphatic heterocycles. The summed E-state index contributed by atoms with van der Waals surface area (Å²) in [6.07, 6.45) is 6.79. The lowest BCUT2D eigenvalue weighted by Crippen LogP contribution is -2.13. The van der Waals surface area contributed by atoms with E-state index in [0.717, 1.165) is 38.5 Å². The number of unbranched alkanes of at least 4 members (excludes halogenated alkanes) is 5. The van der Waals surface area contributed by atoms with Gasteiger partial charge in [0.05, 0.1) is 0 Å². The molecule has 134 valence electrons. The van der Waals surface area contributed by atoms with Crippen LogP contribution in [-0.2, 0) is 19.1 Å². The molecule has 0 atom stereocenters. The summed E-state index contributed by atoms with van der Waals surface area (Å²) in [5.41, 5.74) is 10.5. The van der Waals surface area contributed by atoms with Crippen molar-refractivity contribution in [2.24, 2.45) is 11.5 Å². The second kappa shape index (κ2) is 20.4. The van der Waals surface area contributed by atoms with Crippen molar-refractivity contribution in [3.05, 3.63) is 0 Å². The number of hydrogen-bond acceptors (Lipinski definition) is 6. The minimum Gasteiger partial charge on any atom is -0.464 e. The van der Waals surface area contributed by atoms with Crippen molar-refractivity contribution in [1.29, 1.82) is 0 Å². The molecule has 0 saturated heterocycles. The Kier molecular flexibility index (Phi) is 24.5. The number of esters is 2. The Balaban J connectivity index is -0.00000180. The Labute approximate surface area is 145 Å². The van der Waals surface area contributed by atoms with Crippen LogP contribution in [0.1, 0.15) is 51.4 Å². The molecule has 0 saturated carbocycles. The van der Waals surface area contributed by atoms with Gasteiger partial charge in [-0.1, -0.05) is 25.7 Å². The normalized spacial score (nSPS) is 9.36. The predicted molar refractivity (Wildman–Crippen MR) is 91.5 cm³/mol. The fraction of sp³-hybridized carbons (Fsp3) is 0.857. The van der Waals surface area contributed by atoms with Crippen molar-refractivity contribution in [3.63, 3.8) is 0 Å². The molecule has 0 aromatic rings. The van der Waals surface area contributed by atoms with E-state index in [1.54, 1.807) is 0 Å². The van der Waals surface area contributed by atoms with Gasteiger partial charge in [-0.15, -0.1) is 24.8 Å². The quantitative estimate of drug-likeness (QED) is 0.384. The van der Waals surface area contributed by atoms with Crippen molar-refractivity contribution in [1.82, 2.24) is 0 Å². The van der Waals surface area contributed by atoms with Crippen LogP contribution in [0.2, 0.25) is 0 Å². The van der Waals surface area contributed by atoms with Gasteiger partial charge in [0.1, 0.15) is 13.2 Å². The Morgan fingerprint density at radius 3 is 1.27 bits per heavy atom. The molecule has 8 heteroatoms. The summed E-state index contributed by atoms with van der Waals surface area (Å²) in [5.74, 6) is -0.337. The van der Waals surface area contributed by atoms with Crippen molar-refractivity contribution in [2.45, 2.75) is 51.4 Å². The Morgan fingerprint density at radius 1 is 0.636 bits per heavy atom. The first-order valence-corrected chi connectivity index (χ1v) is 7.42. The summed E-state index contributed by atoms with van der Waals surface area (Å²) in [4.78, 5) is 22.3. The lowest BCUT2D eigenvalue weighted by Gasteiger charge is -2.04. The van der Waals surface area contributed by atoms with Gasteiger partial charge in [0.15, 0.2) is 0 Å². The number of halogens is 2. The number of carbonyl (C=O) groups is 2. The first-order valence-electron chi connectivity index (χ1n) is 7.42. The average molecular weight is 361 g/mol. The standard InChI is InChI=1S/C14H28N2O4.2ClH/c15-9-11-19-13(17)7-5-3-1-2-4-6-8-14(18)20-12-10-16;;/h1-12,15-16H2;2*1H. The van der Waals surface area contributed by atoms with Crippen LogP contribution in [0.25, 0.3) is 0 Å². The van der Waals surface area contributed by atoms with Gasteiger partial charge < -0.3 is 20.9 Å². The minimum absolute atomic E-state index is 0. The monoisotopic (exact) mass is 360 g/mol. The number of carbonyl (C=O) groups excluding carboxylic acids is 2. The number of ether oxygens (including phenoxy) is 2. The molecule has 0 fully saturated rings. The third kappa shape index (κ3) is 19.4. The van der Waals surface area contributed by atoms with Crippen LogP contribution >= 0.6 is 24.8 Å². The molecular weight excluding hydrogens is 331 g/mol. The zero-order valence-electron chi connectivity index (χ0n) is 13.1. The summed E-state index contributed by atoms with van der Waals surface area (Å²) in [6, 6.07) is 0. The van der Waals surface area contributed by atoms with E-state index in [0.29, 0.717) is 39.1 Å². The van der Waals surface area contributed by atoms with E-state index in [4.69, 9.17) is 20.9 Å². The molecular formula is C14H30Cl2N2O4. The molecule has 0 aromatic carbocycles. The highest BCUT2D eigenvalue weighted by atomic mass is 35.5. The molecule has 0 amide bonds. The summed E-state index contributed by atoms with van der Waals surface area (Å²) >= 11 is 0. The highest BCUT2D eigenvalue weighted by Crippen LogP contribution is 2.09. The van der Waals surface area contributed by atoms with Crippen molar-refractivity contribution >= 4 is 36.8 Å². The van der Waals surface area contributed by atoms with E-state index in [1.165, 1.54) is 0 Å². The van der Waals surface area contributed by atoms with E-state index in [9.17, 15) is 9.59 Å². The van der Waals surface area contributed by atoms with Crippen LogP contribution in [0.5, 0.6) is 0 Å². The third-order valence-electron chi connectivity index (χ3n) is 2.77. The molecule has 0 spiro atoms. The predicted octanol–water partition coefficient (Wildman–Crippen LogP) is 1.95. The summed E-state index contributed by atoms with van der Waals surface area (Å²) in [5, 5.41) is 0. The number of rotatable bonds is 13. The molecule has 0 bridgehead atoms. The van der Waals surface area contributed by atoms with E-state index in [1.807, 2.05) is 0 Å². The van der Waals surface area contributed by atoms with Gasteiger partial charge in [0, 0.05) is 25.9 Å². The largest absolute Gasteiger partial charge is 0.464 e. The second-order valence-corrected chi connectivity index (χ2v) is 4.64. The lowest BCUT2D eigenvalue weighted by molar-refractivity contribution is -0.144. The Morgan fingerprint density at radius 2 is 0.955 bits per heavy atom. The first-order chi connectivity index (χ1) is 9.70. The van der Waals surface area contributed by atoms with Gasteiger partial charge in [-0.2, -0.15) is 0 Å². The maximum atomic E-state index is 11.2. The van der Waals surface area contributed by atoms with Gasteiger partial charge >= 0.3 is 11.9 Å². The molecule has 0 radical (unpaired) electrons. The highest BCUT2D eigenvalue weighted by Gasteiger charge is 2.03. The number of nitrogens with two attached hydrogens (primary N) is 2. The third-order valence-corrected chi connectivity index (χ3v) is 2.77. The van der Waals surface area contributed by atoms with Crippen LogP contribution in [0.4, 0.5) is 0 Å². The smallest absolute Gasteiger partial charge is 0.305 e. The van der Waals surface area contributed by atoms with Crippen LogP contribution in [0.15, 0.2) is 0 Å². The Hall–Kier alpha value is -0.560. The van der Waals surface area contributed by atoms with Crippen LogP contribution in [-0.4, -0.2) is 38.2 Å². The maximum Gasteiger partial charge on any atom is 0.305 e. The van der Waals surface area contributed by atoms with E-state index in [2.05, 4.69) is 0 Å². The molecule has 0 rings (SSSR count). The Bertz CT molecular complexity index is 243. The topological polar surface area (TPSA) is 105 Å². The summed E-state index contributed by atoms with van der Waals surface area (Å²) in [6.45, 7) is 1.36. The zero-order chi connectivity index (χ0) is 15.1. The molecule has 22 heavy (non-hydrogen) atoms. The van der Waals surface area contributed by atoms with Gasteiger partial charge in [0.25, 0.3) is 0 Å². The van der Waals surface area contributed by atoms with E-state index < -0.39 is 0 Å². The molecule has 0 aliphatic rings. The second-order valence-electron chi connectivity index (χ2n) is 4.64. The molecule has 0 heterocycles. The van der Waals surface area contributed by atoms with Crippen molar-refractivity contribution in [2.75, 3.05) is 26.3 Å².